The van der Waals surface area contributed by atoms with Gasteiger partial charge in [-0.3, -0.25) is 4.79 Å². The Morgan fingerprint density at radius 1 is 1.42 bits per heavy atom. The van der Waals surface area contributed by atoms with Gasteiger partial charge in [0.15, 0.2) is 0 Å². The summed E-state index contributed by atoms with van der Waals surface area (Å²) >= 11 is 11.9. The molecule has 1 aliphatic heterocycles. The van der Waals surface area contributed by atoms with Crippen LogP contribution in [0, 0.1) is 0 Å². The van der Waals surface area contributed by atoms with Crippen molar-refractivity contribution < 1.29 is 4.79 Å². The number of hydrogen-bond acceptors (Lipinski definition) is 2. The monoisotopic (exact) mass is 300 g/mol. The third kappa shape index (κ3) is 3.62. The molecule has 1 aliphatic rings. The van der Waals surface area contributed by atoms with E-state index < -0.39 is 0 Å². The molecule has 0 radical (unpaired) electrons. The fourth-order valence-electron chi connectivity index (χ4n) is 2.52. The summed E-state index contributed by atoms with van der Waals surface area (Å²) in [5, 5.41) is 1.24. The second-order valence-electron chi connectivity index (χ2n) is 4.85. The Balaban J connectivity index is 1.93. The van der Waals surface area contributed by atoms with Gasteiger partial charge in [0.2, 0.25) is 5.91 Å². The summed E-state index contributed by atoms with van der Waals surface area (Å²) < 4.78 is 0. The second kappa shape index (κ2) is 6.60. The fourth-order valence-corrected chi connectivity index (χ4v) is 3.02. The highest BCUT2D eigenvalue weighted by Crippen LogP contribution is 2.23. The van der Waals surface area contributed by atoms with Gasteiger partial charge in [-0.1, -0.05) is 29.3 Å². The topological polar surface area (TPSA) is 46.3 Å². The van der Waals surface area contributed by atoms with Crippen molar-refractivity contribution in [1.29, 1.82) is 0 Å². The van der Waals surface area contributed by atoms with Crippen LogP contribution in [0.25, 0.3) is 0 Å². The zero-order valence-corrected chi connectivity index (χ0v) is 12.3. The van der Waals surface area contributed by atoms with Crippen LogP contribution >= 0.6 is 23.2 Å². The lowest BCUT2D eigenvalue weighted by atomic mass is 10.1. The van der Waals surface area contributed by atoms with E-state index in [4.69, 9.17) is 28.9 Å². The van der Waals surface area contributed by atoms with Crippen molar-refractivity contribution in [2.45, 2.75) is 31.7 Å². The molecule has 0 bridgehead atoms. The molecule has 0 saturated carbocycles. The molecule has 104 valence electrons. The number of hydrogen-bond donors (Lipinski definition) is 1. The third-order valence-electron chi connectivity index (χ3n) is 3.59. The Labute approximate surface area is 123 Å². The number of nitrogens with two attached hydrogens (primary N) is 1. The van der Waals surface area contributed by atoms with Gasteiger partial charge in [0.25, 0.3) is 0 Å². The maximum Gasteiger partial charge on any atom is 0.223 e. The third-order valence-corrected chi connectivity index (χ3v) is 4.18. The van der Waals surface area contributed by atoms with Crippen LogP contribution in [0.3, 0.4) is 0 Å². The average molecular weight is 301 g/mol. The van der Waals surface area contributed by atoms with Crippen LogP contribution in [-0.2, 0) is 11.2 Å². The first kappa shape index (κ1) is 14.6. The summed E-state index contributed by atoms with van der Waals surface area (Å²) in [6, 6.07) is 5.60. The van der Waals surface area contributed by atoms with Crippen LogP contribution in [-0.4, -0.2) is 29.9 Å². The predicted octanol–water partition coefficient (Wildman–Crippen LogP) is 2.88. The second-order valence-corrected chi connectivity index (χ2v) is 5.70. The number of carbonyl (C=O) groups is 1. The Morgan fingerprint density at radius 2 is 2.21 bits per heavy atom. The van der Waals surface area contributed by atoms with Crippen molar-refractivity contribution >= 4 is 29.1 Å². The minimum absolute atomic E-state index is 0.166. The lowest BCUT2D eigenvalue weighted by Crippen LogP contribution is -2.40. The molecule has 1 saturated heterocycles. The van der Waals surface area contributed by atoms with Crippen molar-refractivity contribution in [3.8, 4) is 0 Å². The fraction of sp³-hybridized carbons (Fsp3) is 0.500. The molecule has 2 N–H and O–H groups in total. The largest absolute Gasteiger partial charge is 0.338 e. The lowest BCUT2D eigenvalue weighted by molar-refractivity contribution is -0.131. The molecule has 2 rings (SSSR count). The molecule has 1 heterocycles. The van der Waals surface area contributed by atoms with Gasteiger partial charge in [0, 0.05) is 35.6 Å². The van der Waals surface area contributed by atoms with E-state index in [1.54, 1.807) is 12.1 Å². The molecular weight excluding hydrogens is 283 g/mol. The first-order valence-electron chi connectivity index (χ1n) is 6.55. The number of aryl methyl sites for hydroxylation is 1. The first-order valence-corrected chi connectivity index (χ1v) is 7.31. The van der Waals surface area contributed by atoms with Crippen LogP contribution in [0.15, 0.2) is 18.2 Å². The van der Waals surface area contributed by atoms with Gasteiger partial charge in [-0.2, -0.15) is 0 Å². The van der Waals surface area contributed by atoms with E-state index in [-0.39, 0.29) is 11.9 Å². The van der Waals surface area contributed by atoms with Gasteiger partial charge >= 0.3 is 0 Å². The van der Waals surface area contributed by atoms with Crippen molar-refractivity contribution in [2.24, 2.45) is 5.73 Å². The average Bonchev–Trinajstić information content (AvgIpc) is 2.85. The molecule has 3 nitrogen and oxygen atoms in total. The van der Waals surface area contributed by atoms with Crippen molar-refractivity contribution in [3.63, 3.8) is 0 Å². The van der Waals surface area contributed by atoms with Gasteiger partial charge < -0.3 is 10.6 Å². The van der Waals surface area contributed by atoms with Crippen LogP contribution in [0.2, 0.25) is 10.0 Å². The number of amides is 1. The summed E-state index contributed by atoms with van der Waals surface area (Å²) in [6.07, 6.45) is 3.18. The summed E-state index contributed by atoms with van der Waals surface area (Å²) in [6.45, 7) is 1.38. The minimum atomic E-state index is 0.166. The maximum atomic E-state index is 12.2. The number of benzene rings is 1. The zero-order valence-electron chi connectivity index (χ0n) is 10.7. The molecule has 1 atom stereocenters. The molecule has 1 aromatic rings. The maximum absolute atomic E-state index is 12.2. The molecule has 1 unspecified atom stereocenters. The highest BCUT2D eigenvalue weighted by molar-refractivity contribution is 6.35. The molecular formula is C14H18Cl2N2O. The van der Waals surface area contributed by atoms with E-state index in [0.29, 0.717) is 29.4 Å². The van der Waals surface area contributed by atoms with Gasteiger partial charge in [0.05, 0.1) is 0 Å². The van der Waals surface area contributed by atoms with Crippen LogP contribution < -0.4 is 5.73 Å². The summed E-state index contributed by atoms with van der Waals surface area (Å²) in [5.41, 5.74) is 6.64. The SMILES string of the molecule is NCC1CCCN1C(=O)CCc1ccc(Cl)cc1Cl. The van der Waals surface area contributed by atoms with Gasteiger partial charge in [-0.25, -0.2) is 0 Å². The Morgan fingerprint density at radius 3 is 2.89 bits per heavy atom. The van der Waals surface area contributed by atoms with Crippen LogP contribution in [0.5, 0.6) is 0 Å². The van der Waals surface area contributed by atoms with Gasteiger partial charge in [-0.15, -0.1) is 0 Å². The minimum Gasteiger partial charge on any atom is -0.338 e. The summed E-state index contributed by atoms with van der Waals surface area (Å²) in [5.74, 6) is 0.166. The number of nitrogens with zero attached hydrogens (tertiary/aromatic N) is 1. The smallest absolute Gasteiger partial charge is 0.223 e. The lowest BCUT2D eigenvalue weighted by Gasteiger charge is -2.23. The Hall–Kier alpha value is -0.770. The van der Waals surface area contributed by atoms with Crippen molar-refractivity contribution in [2.75, 3.05) is 13.1 Å². The quantitative estimate of drug-likeness (QED) is 0.929. The highest BCUT2D eigenvalue weighted by Gasteiger charge is 2.26. The van der Waals surface area contributed by atoms with E-state index in [2.05, 4.69) is 0 Å². The molecule has 1 amide bonds. The Kier molecular flexibility index (Phi) is 5.08. The molecule has 1 aromatic carbocycles. The highest BCUT2D eigenvalue weighted by atomic mass is 35.5. The van der Waals surface area contributed by atoms with E-state index in [1.165, 1.54) is 0 Å². The van der Waals surface area contributed by atoms with Gasteiger partial charge in [-0.05, 0) is 37.0 Å². The summed E-state index contributed by atoms with van der Waals surface area (Å²) in [4.78, 5) is 14.1. The molecule has 19 heavy (non-hydrogen) atoms. The molecule has 0 aliphatic carbocycles. The molecule has 5 heteroatoms. The number of rotatable bonds is 4. The van der Waals surface area contributed by atoms with E-state index in [1.807, 2.05) is 11.0 Å². The molecule has 0 spiro atoms. The Bertz CT molecular complexity index is 465. The molecule has 1 fully saturated rings. The van der Waals surface area contributed by atoms with Crippen molar-refractivity contribution in [3.05, 3.63) is 33.8 Å². The number of likely N-dealkylation sites (tertiary alicyclic amines) is 1. The van der Waals surface area contributed by atoms with Crippen LogP contribution in [0.4, 0.5) is 0 Å². The number of carbonyl (C=O) groups excluding carboxylic acids is 1. The van der Waals surface area contributed by atoms with Crippen molar-refractivity contribution in [1.82, 2.24) is 4.90 Å². The van der Waals surface area contributed by atoms with Gasteiger partial charge in [0.1, 0.15) is 0 Å². The number of halogens is 2. The van der Waals surface area contributed by atoms with E-state index in [9.17, 15) is 4.79 Å². The zero-order chi connectivity index (χ0) is 13.8. The first-order chi connectivity index (χ1) is 9.11. The van der Waals surface area contributed by atoms with Crippen LogP contribution in [0.1, 0.15) is 24.8 Å². The van der Waals surface area contributed by atoms with E-state index >= 15 is 0 Å². The standard InChI is InChI=1S/C14H18Cl2N2O/c15-11-5-3-10(13(16)8-11)4-6-14(19)18-7-1-2-12(18)9-17/h3,5,8,12H,1-2,4,6-7,9,17H2. The predicted molar refractivity (Wildman–Crippen MR) is 78.6 cm³/mol. The normalized spacial score (nSPS) is 18.9. The summed E-state index contributed by atoms with van der Waals surface area (Å²) in [7, 11) is 0. The molecule has 0 aromatic heterocycles. The van der Waals surface area contributed by atoms with E-state index in [0.717, 1.165) is 24.9 Å².